The van der Waals surface area contributed by atoms with E-state index in [9.17, 15) is 14.0 Å². The Morgan fingerprint density at radius 3 is 2.35 bits per heavy atom. The first-order valence-corrected chi connectivity index (χ1v) is 7.32. The van der Waals surface area contributed by atoms with E-state index in [2.05, 4.69) is 5.32 Å². The van der Waals surface area contributed by atoms with Gasteiger partial charge < -0.3 is 10.1 Å². The molecule has 0 aliphatic rings. The standard InChI is InChI=1S/C17H15ClFNO3/c1-11(17(22)20-15-8-4-13(18)5-9-15)23-16(21)10-12-2-6-14(19)7-3-12/h2-9,11H,10H2,1H3,(H,20,22)/t11-/m0/s1. The number of hydrogen-bond acceptors (Lipinski definition) is 3. The summed E-state index contributed by atoms with van der Waals surface area (Å²) in [7, 11) is 0. The molecule has 0 aromatic heterocycles. The van der Waals surface area contributed by atoms with Crippen LogP contribution in [0.4, 0.5) is 10.1 Å². The van der Waals surface area contributed by atoms with Crippen LogP contribution in [0.3, 0.4) is 0 Å². The molecule has 6 heteroatoms. The van der Waals surface area contributed by atoms with Crippen molar-refractivity contribution in [3.8, 4) is 0 Å². The summed E-state index contributed by atoms with van der Waals surface area (Å²) in [5, 5.41) is 3.18. The average molecular weight is 336 g/mol. The number of amides is 1. The van der Waals surface area contributed by atoms with Crippen molar-refractivity contribution in [2.45, 2.75) is 19.4 Å². The van der Waals surface area contributed by atoms with Crippen molar-refractivity contribution in [2.24, 2.45) is 0 Å². The number of esters is 1. The van der Waals surface area contributed by atoms with E-state index in [4.69, 9.17) is 16.3 Å². The van der Waals surface area contributed by atoms with Crippen LogP contribution in [0.15, 0.2) is 48.5 Å². The summed E-state index contributed by atoms with van der Waals surface area (Å²) < 4.78 is 17.9. The number of nitrogens with one attached hydrogen (secondary N) is 1. The van der Waals surface area contributed by atoms with Crippen molar-refractivity contribution in [3.05, 3.63) is 64.9 Å². The number of rotatable bonds is 5. The van der Waals surface area contributed by atoms with Gasteiger partial charge in [0.25, 0.3) is 5.91 Å². The Morgan fingerprint density at radius 1 is 1.13 bits per heavy atom. The topological polar surface area (TPSA) is 55.4 Å². The molecule has 0 fully saturated rings. The summed E-state index contributed by atoms with van der Waals surface area (Å²) in [6.07, 6.45) is -0.975. The third kappa shape index (κ3) is 5.38. The Morgan fingerprint density at radius 2 is 1.74 bits per heavy atom. The summed E-state index contributed by atoms with van der Waals surface area (Å²) in [6, 6.07) is 12.1. The van der Waals surface area contributed by atoms with Crippen molar-refractivity contribution < 1.29 is 18.7 Å². The second kappa shape index (κ2) is 7.74. The Balaban J connectivity index is 1.86. The van der Waals surface area contributed by atoms with E-state index in [0.29, 0.717) is 16.3 Å². The Bertz CT molecular complexity index is 686. The molecule has 2 rings (SSSR count). The normalized spacial score (nSPS) is 11.6. The molecule has 0 spiro atoms. The predicted octanol–water partition coefficient (Wildman–Crippen LogP) is 3.59. The highest BCUT2D eigenvalue weighted by Crippen LogP contribution is 2.14. The highest BCUT2D eigenvalue weighted by Gasteiger charge is 2.18. The van der Waals surface area contributed by atoms with Crippen LogP contribution in [0.5, 0.6) is 0 Å². The molecule has 1 atom stereocenters. The van der Waals surface area contributed by atoms with Crippen LogP contribution in [-0.2, 0) is 20.7 Å². The molecule has 2 aromatic carbocycles. The van der Waals surface area contributed by atoms with Gasteiger partial charge in [-0.1, -0.05) is 23.7 Å². The van der Waals surface area contributed by atoms with E-state index >= 15 is 0 Å². The van der Waals surface area contributed by atoms with E-state index in [0.717, 1.165) is 0 Å². The molecule has 0 saturated heterocycles. The van der Waals surface area contributed by atoms with E-state index in [1.807, 2.05) is 0 Å². The van der Waals surface area contributed by atoms with Crippen molar-refractivity contribution >= 4 is 29.2 Å². The lowest BCUT2D eigenvalue weighted by atomic mass is 10.1. The fraction of sp³-hybridized carbons (Fsp3) is 0.176. The molecule has 4 nitrogen and oxygen atoms in total. The van der Waals surface area contributed by atoms with Crippen LogP contribution in [0.2, 0.25) is 5.02 Å². The summed E-state index contributed by atoms with van der Waals surface area (Å²) in [6.45, 7) is 1.48. The maximum Gasteiger partial charge on any atom is 0.311 e. The Labute approximate surface area is 138 Å². The van der Waals surface area contributed by atoms with Gasteiger partial charge in [-0.05, 0) is 48.9 Å². The Kier molecular flexibility index (Phi) is 5.71. The second-order valence-electron chi connectivity index (χ2n) is 4.93. The Hall–Kier alpha value is -2.40. The average Bonchev–Trinajstić information content (AvgIpc) is 2.51. The largest absolute Gasteiger partial charge is 0.452 e. The molecular weight excluding hydrogens is 321 g/mol. The van der Waals surface area contributed by atoms with Gasteiger partial charge >= 0.3 is 5.97 Å². The highest BCUT2D eigenvalue weighted by molar-refractivity contribution is 6.30. The SMILES string of the molecule is C[C@H](OC(=O)Cc1ccc(F)cc1)C(=O)Nc1ccc(Cl)cc1. The summed E-state index contributed by atoms with van der Waals surface area (Å²) >= 11 is 5.76. The molecule has 23 heavy (non-hydrogen) atoms. The van der Waals surface area contributed by atoms with Crippen molar-refractivity contribution in [1.29, 1.82) is 0 Å². The zero-order valence-corrected chi connectivity index (χ0v) is 13.1. The fourth-order valence-electron chi connectivity index (χ4n) is 1.84. The maximum atomic E-state index is 12.8. The lowest BCUT2D eigenvalue weighted by Gasteiger charge is -2.13. The lowest BCUT2D eigenvalue weighted by Crippen LogP contribution is -2.30. The van der Waals surface area contributed by atoms with Crippen molar-refractivity contribution in [1.82, 2.24) is 0 Å². The van der Waals surface area contributed by atoms with E-state index in [1.165, 1.54) is 31.2 Å². The molecule has 0 radical (unpaired) electrons. The van der Waals surface area contributed by atoms with E-state index in [-0.39, 0.29) is 12.2 Å². The molecule has 2 aromatic rings. The summed E-state index contributed by atoms with van der Waals surface area (Å²) in [5.74, 6) is -1.38. The molecule has 0 saturated carbocycles. The third-order valence-electron chi connectivity index (χ3n) is 3.05. The molecule has 0 aliphatic heterocycles. The first-order chi connectivity index (χ1) is 10.9. The lowest BCUT2D eigenvalue weighted by molar-refractivity contribution is -0.152. The van der Waals surface area contributed by atoms with Gasteiger partial charge in [-0.3, -0.25) is 9.59 Å². The van der Waals surface area contributed by atoms with Crippen molar-refractivity contribution in [3.63, 3.8) is 0 Å². The first-order valence-electron chi connectivity index (χ1n) is 6.94. The van der Waals surface area contributed by atoms with E-state index in [1.54, 1.807) is 24.3 Å². The van der Waals surface area contributed by atoms with Gasteiger partial charge in [0.2, 0.25) is 0 Å². The number of carbonyl (C=O) groups is 2. The van der Waals surface area contributed by atoms with Crippen LogP contribution in [0.1, 0.15) is 12.5 Å². The van der Waals surface area contributed by atoms with Gasteiger partial charge in [-0.15, -0.1) is 0 Å². The number of carbonyl (C=O) groups excluding carboxylic acids is 2. The summed E-state index contributed by atoms with van der Waals surface area (Å²) in [5.41, 5.74) is 1.17. The number of hydrogen-bond donors (Lipinski definition) is 1. The molecule has 1 N–H and O–H groups in total. The molecular formula is C17H15ClFNO3. The third-order valence-corrected chi connectivity index (χ3v) is 3.30. The van der Waals surface area contributed by atoms with Gasteiger partial charge in [0.05, 0.1) is 6.42 Å². The molecule has 0 aliphatic carbocycles. The monoisotopic (exact) mass is 335 g/mol. The first kappa shape index (κ1) is 17.0. The number of ether oxygens (including phenoxy) is 1. The number of anilines is 1. The molecule has 1 amide bonds. The zero-order chi connectivity index (χ0) is 16.8. The maximum absolute atomic E-state index is 12.8. The second-order valence-corrected chi connectivity index (χ2v) is 5.37. The molecule has 0 heterocycles. The van der Waals surface area contributed by atoms with Crippen molar-refractivity contribution in [2.75, 3.05) is 5.32 Å². The fourth-order valence-corrected chi connectivity index (χ4v) is 1.96. The van der Waals surface area contributed by atoms with Gasteiger partial charge in [-0.2, -0.15) is 0 Å². The van der Waals surface area contributed by atoms with Gasteiger partial charge in [0.15, 0.2) is 6.10 Å². The van der Waals surface area contributed by atoms with E-state index < -0.39 is 18.0 Å². The minimum Gasteiger partial charge on any atom is -0.452 e. The molecule has 0 unspecified atom stereocenters. The highest BCUT2D eigenvalue weighted by atomic mass is 35.5. The minimum atomic E-state index is -0.946. The number of halogens is 2. The smallest absolute Gasteiger partial charge is 0.311 e. The molecule has 0 bridgehead atoms. The van der Waals surface area contributed by atoms with Gasteiger partial charge in [-0.25, -0.2) is 4.39 Å². The number of benzene rings is 2. The van der Waals surface area contributed by atoms with Gasteiger partial charge in [0.1, 0.15) is 5.82 Å². The predicted molar refractivity (Wildman–Crippen MR) is 85.7 cm³/mol. The summed E-state index contributed by atoms with van der Waals surface area (Å²) in [4.78, 5) is 23.8. The zero-order valence-electron chi connectivity index (χ0n) is 12.4. The van der Waals surface area contributed by atoms with Crippen LogP contribution in [-0.4, -0.2) is 18.0 Å². The van der Waals surface area contributed by atoms with Crippen LogP contribution in [0, 0.1) is 5.82 Å². The molecule has 120 valence electrons. The van der Waals surface area contributed by atoms with Crippen LogP contribution in [0.25, 0.3) is 0 Å². The minimum absolute atomic E-state index is 0.0289. The quantitative estimate of drug-likeness (QED) is 0.849. The van der Waals surface area contributed by atoms with Gasteiger partial charge in [0, 0.05) is 10.7 Å². The van der Waals surface area contributed by atoms with Crippen LogP contribution >= 0.6 is 11.6 Å². The van der Waals surface area contributed by atoms with Crippen LogP contribution < -0.4 is 5.32 Å².